The number of nitrogens with zero attached hydrogens (tertiary/aromatic N) is 2. The molecule has 5 heteroatoms. The third-order valence-corrected chi connectivity index (χ3v) is 4.25. The zero-order chi connectivity index (χ0) is 15.5. The minimum atomic E-state index is 0.556. The Kier molecular flexibility index (Phi) is 4.50. The predicted molar refractivity (Wildman–Crippen MR) is 90.2 cm³/mol. The lowest BCUT2D eigenvalue weighted by molar-refractivity contribution is 0.466. The monoisotopic (exact) mass is 330 g/mol. The van der Waals surface area contributed by atoms with E-state index >= 15 is 0 Å². The van der Waals surface area contributed by atoms with Gasteiger partial charge >= 0.3 is 0 Å². The van der Waals surface area contributed by atoms with Crippen molar-refractivity contribution in [2.24, 2.45) is 0 Å². The molecule has 0 aliphatic rings. The van der Waals surface area contributed by atoms with Gasteiger partial charge in [-0.15, -0.1) is 10.2 Å². The van der Waals surface area contributed by atoms with E-state index in [1.165, 1.54) is 22.9 Å². The second kappa shape index (κ2) is 6.55. The molecule has 0 radical (unpaired) electrons. The summed E-state index contributed by atoms with van der Waals surface area (Å²) in [5, 5.41) is 9.54. The molecule has 1 heterocycles. The molecule has 3 rings (SSSR count). The average molecular weight is 331 g/mol. The van der Waals surface area contributed by atoms with Crippen molar-refractivity contribution in [2.45, 2.75) is 24.8 Å². The lowest BCUT2D eigenvalue weighted by Crippen LogP contribution is -1.82. The molecular weight excluding hydrogens is 316 g/mol. The highest BCUT2D eigenvalue weighted by Crippen LogP contribution is 2.27. The van der Waals surface area contributed by atoms with Gasteiger partial charge in [-0.2, -0.15) is 0 Å². The van der Waals surface area contributed by atoms with Gasteiger partial charge in [0.25, 0.3) is 5.22 Å². The van der Waals surface area contributed by atoms with E-state index < -0.39 is 0 Å². The van der Waals surface area contributed by atoms with Crippen molar-refractivity contribution in [3.63, 3.8) is 0 Å². The van der Waals surface area contributed by atoms with E-state index in [1.54, 1.807) is 0 Å². The first kappa shape index (κ1) is 15.1. The van der Waals surface area contributed by atoms with Gasteiger partial charge in [-0.25, -0.2) is 0 Å². The summed E-state index contributed by atoms with van der Waals surface area (Å²) in [6.07, 6.45) is 0. The Bertz CT molecular complexity index is 781. The van der Waals surface area contributed by atoms with Crippen LogP contribution in [0.5, 0.6) is 0 Å². The second-order valence-corrected chi connectivity index (χ2v) is 6.53. The highest BCUT2D eigenvalue weighted by Gasteiger charge is 2.10. The first-order valence-electron chi connectivity index (χ1n) is 6.89. The Morgan fingerprint density at radius 3 is 2.55 bits per heavy atom. The Hall–Kier alpha value is -1.78. The molecule has 0 N–H and O–H groups in total. The summed E-state index contributed by atoms with van der Waals surface area (Å²) >= 11 is 7.49. The van der Waals surface area contributed by atoms with E-state index in [0.29, 0.717) is 11.1 Å². The van der Waals surface area contributed by atoms with Crippen molar-refractivity contribution < 1.29 is 4.42 Å². The largest absolute Gasteiger partial charge is 0.411 e. The van der Waals surface area contributed by atoms with Crippen LogP contribution in [-0.4, -0.2) is 10.2 Å². The van der Waals surface area contributed by atoms with Crippen molar-refractivity contribution in [1.82, 2.24) is 10.2 Å². The van der Waals surface area contributed by atoms with Crippen molar-refractivity contribution >= 4 is 23.4 Å². The summed E-state index contributed by atoms with van der Waals surface area (Å²) in [5.74, 6) is 1.30. The molecule has 0 aliphatic carbocycles. The first-order chi connectivity index (χ1) is 10.6. The van der Waals surface area contributed by atoms with Crippen molar-refractivity contribution in [3.05, 3.63) is 64.2 Å². The van der Waals surface area contributed by atoms with Gasteiger partial charge in [0.05, 0.1) is 0 Å². The molecular formula is C17H15ClN2OS. The quantitative estimate of drug-likeness (QED) is 0.608. The number of benzene rings is 2. The van der Waals surface area contributed by atoms with Gasteiger partial charge < -0.3 is 4.42 Å². The van der Waals surface area contributed by atoms with Crippen LogP contribution < -0.4 is 0 Å². The summed E-state index contributed by atoms with van der Waals surface area (Å²) in [7, 11) is 0. The summed E-state index contributed by atoms with van der Waals surface area (Å²) < 4.78 is 5.74. The molecule has 3 aromatic rings. The molecule has 0 aliphatic heterocycles. The van der Waals surface area contributed by atoms with Crippen LogP contribution in [0, 0.1) is 13.8 Å². The van der Waals surface area contributed by atoms with E-state index in [9.17, 15) is 0 Å². The van der Waals surface area contributed by atoms with Crippen LogP contribution >= 0.6 is 23.4 Å². The topological polar surface area (TPSA) is 38.9 Å². The molecule has 0 unspecified atom stereocenters. The molecule has 0 spiro atoms. The summed E-state index contributed by atoms with van der Waals surface area (Å²) in [6.45, 7) is 4.11. The van der Waals surface area contributed by atoms with Crippen LogP contribution in [0.2, 0.25) is 5.02 Å². The zero-order valence-corrected chi connectivity index (χ0v) is 13.9. The summed E-state index contributed by atoms with van der Waals surface area (Å²) in [6, 6.07) is 14.0. The third-order valence-electron chi connectivity index (χ3n) is 3.13. The zero-order valence-electron chi connectivity index (χ0n) is 12.3. The van der Waals surface area contributed by atoms with Gasteiger partial charge in [0.15, 0.2) is 0 Å². The van der Waals surface area contributed by atoms with E-state index in [4.69, 9.17) is 16.0 Å². The molecule has 112 valence electrons. The number of thioether (sulfide) groups is 1. The maximum atomic E-state index is 5.98. The Morgan fingerprint density at radius 2 is 1.82 bits per heavy atom. The van der Waals surface area contributed by atoms with Gasteiger partial charge in [0, 0.05) is 16.3 Å². The fourth-order valence-electron chi connectivity index (χ4n) is 2.25. The smallest absolute Gasteiger partial charge is 0.277 e. The molecule has 1 aromatic heterocycles. The SMILES string of the molecule is Cc1cc(C)cc(-c2nnc(SCc3cccc(Cl)c3)o2)c1. The number of aryl methyl sites for hydroxylation is 2. The Morgan fingerprint density at radius 1 is 1.05 bits per heavy atom. The van der Waals surface area contributed by atoms with E-state index in [-0.39, 0.29) is 0 Å². The molecule has 0 saturated heterocycles. The van der Waals surface area contributed by atoms with Crippen LogP contribution in [0.3, 0.4) is 0 Å². The van der Waals surface area contributed by atoms with Crippen LogP contribution in [0.4, 0.5) is 0 Å². The molecule has 2 aromatic carbocycles. The van der Waals surface area contributed by atoms with Crippen LogP contribution in [0.1, 0.15) is 16.7 Å². The van der Waals surface area contributed by atoms with Gasteiger partial charge in [-0.3, -0.25) is 0 Å². The number of rotatable bonds is 4. The number of aromatic nitrogens is 2. The van der Waals surface area contributed by atoms with Crippen molar-refractivity contribution in [1.29, 1.82) is 0 Å². The average Bonchev–Trinajstić information content (AvgIpc) is 2.93. The summed E-state index contributed by atoms with van der Waals surface area (Å²) in [5.41, 5.74) is 4.45. The van der Waals surface area contributed by atoms with Crippen molar-refractivity contribution in [2.75, 3.05) is 0 Å². The Labute approximate surface area is 138 Å². The lowest BCUT2D eigenvalue weighted by atomic mass is 10.1. The molecule has 0 fully saturated rings. The molecule has 3 nitrogen and oxygen atoms in total. The Balaban J connectivity index is 1.73. The van der Waals surface area contributed by atoms with Gasteiger partial charge in [0.1, 0.15) is 0 Å². The minimum absolute atomic E-state index is 0.556. The van der Waals surface area contributed by atoms with Crippen LogP contribution in [0.25, 0.3) is 11.5 Å². The predicted octanol–water partition coefficient (Wildman–Crippen LogP) is 5.30. The van der Waals surface area contributed by atoms with E-state index in [2.05, 4.69) is 30.1 Å². The molecule has 22 heavy (non-hydrogen) atoms. The maximum absolute atomic E-state index is 5.98. The fraction of sp³-hybridized carbons (Fsp3) is 0.176. The molecule has 0 saturated carbocycles. The van der Waals surface area contributed by atoms with Crippen molar-refractivity contribution in [3.8, 4) is 11.5 Å². The van der Waals surface area contributed by atoms with Gasteiger partial charge in [-0.1, -0.05) is 52.7 Å². The molecule has 0 atom stereocenters. The minimum Gasteiger partial charge on any atom is -0.411 e. The number of hydrogen-bond donors (Lipinski definition) is 0. The fourth-order valence-corrected chi connectivity index (χ4v) is 3.17. The van der Waals surface area contributed by atoms with Crippen LogP contribution in [0.15, 0.2) is 52.1 Å². The van der Waals surface area contributed by atoms with Crippen LogP contribution in [-0.2, 0) is 5.75 Å². The lowest BCUT2D eigenvalue weighted by Gasteiger charge is -2.00. The maximum Gasteiger partial charge on any atom is 0.277 e. The highest BCUT2D eigenvalue weighted by molar-refractivity contribution is 7.98. The molecule has 0 bridgehead atoms. The number of hydrogen-bond acceptors (Lipinski definition) is 4. The standard InChI is InChI=1S/C17H15ClN2OS/c1-11-6-12(2)8-14(7-11)16-19-20-17(21-16)22-10-13-4-3-5-15(18)9-13/h3-9H,10H2,1-2H3. The summed E-state index contributed by atoms with van der Waals surface area (Å²) in [4.78, 5) is 0. The van der Waals surface area contributed by atoms with Gasteiger partial charge in [0.2, 0.25) is 5.89 Å². The highest BCUT2D eigenvalue weighted by atomic mass is 35.5. The normalized spacial score (nSPS) is 10.9. The first-order valence-corrected chi connectivity index (χ1v) is 8.26. The van der Waals surface area contributed by atoms with Gasteiger partial charge in [-0.05, 0) is 43.7 Å². The third kappa shape index (κ3) is 3.70. The van der Waals surface area contributed by atoms with E-state index in [0.717, 1.165) is 21.9 Å². The second-order valence-electron chi connectivity index (χ2n) is 5.17. The molecule has 0 amide bonds. The van der Waals surface area contributed by atoms with E-state index in [1.807, 2.05) is 36.4 Å². The number of halogens is 1.